The van der Waals surface area contributed by atoms with Crippen LogP contribution in [-0.2, 0) is 12.8 Å². The summed E-state index contributed by atoms with van der Waals surface area (Å²) in [6.45, 7) is 1.99. The Labute approximate surface area is 99.5 Å². The standard InChI is InChI=1S/C12H17NO2S/c1-8(14)6-13-12(15)10-7-16-11-5-3-2-4-9(10)11/h7-8,14H,2-6H2,1H3,(H,13,15). The third-order valence-corrected chi connectivity index (χ3v) is 3.95. The Morgan fingerprint density at radius 2 is 2.31 bits per heavy atom. The molecule has 1 aliphatic carbocycles. The molecule has 1 heterocycles. The SMILES string of the molecule is CC(O)CNC(=O)c1csc2c1CCCC2. The van der Waals surface area contributed by atoms with Crippen molar-refractivity contribution in [2.75, 3.05) is 6.54 Å². The van der Waals surface area contributed by atoms with Crippen molar-refractivity contribution in [2.24, 2.45) is 0 Å². The predicted molar refractivity (Wildman–Crippen MR) is 65.0 cm³/mol. The van der Waals surface area contributed by atoms with Gasteiger partial charge in [0.1, 0.15) is 0 Å². The molecule has 0 spiro atoms. The normalized spacial score (nSPS) is 16.6. The number of carbonyl (C=O) groups is 1. The minimum atomic E-state index is -0.488. The molecule has 1 aliphatic rings. The molecule has 0 saturated carbocycles. The first kappa shape index (κ1) is 11.6. The summed E-state index contributed by atoms with van der Waals surface area (Å²) >= 11 is 1.69. The average Bonchev–Trinajstić information content (AvgIpc) is 2.69. The number of hydrogen-bond donors (Lipinski definition) is 2. The van der Waals surface area contributed by atoms with E-state index in [9.17, 15) is 4.79 Å². The summed E-state index contributed by atoms with van der Waals surface area (Å²) in [5.41, 5.74) is 2.06. The van der Waals surface area contributed by atoms with Crippen molar-refractivity contribution >= 4 is 17.2 Å². The van der Waals surface area contributed by atoms with Crippen LogP contribution in [-0.4, -0.2) is 23.7 Å². The Bertz CT molecular complexity index is 384. The summed E-state index contributed by atoms with van der Waals surface area (Å²) < 4.78 is 0. The number of aliphatic hydroxyl groups excluding tert-OH is 1. The number of amides is 1. The van der Waals surface area contributed by atoms with Crippen LogP contribution in [0, 0.1) is 0 Å². The van der Waals surface area contributed by atoms with Gasteiger partial charge in [-0.1, -0.05) is 0 Å². The van der Waals surface area contributed by atoms with Gasteiger partial charge in [0.15, 0.2) is 0 Å². The van der Waals surface area contributed by atoms with Crippen LogP contribution < -0.4 is 5.32 Å². The minimum Gasteiger partial charge on any atom is -0.392 e. The monoisotopic (exact) mass is 239 g/mol. The molecule has 0 aromatic carbocycles. The van der Waals surface area contributed by atoms with Crippen LogP contribution in [0.1, 0.15) is 40.6 Å². The van der Waals surface area contributed by atoms with E-state index in [0.29, 0.717) is 6.54 Å². The van der Waals surface area contributed by atoms with E-state index in [1.54, 1.807) is 18.3 Å². The number of thiophene rings is 1. The van der Waals surface area contributed by atoms with Crippen molar-refractivity contribution in [2.45, 2.75) is 38.7 Å². The average molecular weight is 239 g/mol. The summed E-state index contributed by atoms with van der Waals surface area (Å²) in [5.74, 6) is -0.0414. The molecule has 4 heteroatoms. The summed E-state index contributed by atoms with van der Waals surface area (Å²) in [4.78, 5) is 13.2. The third-order valence-electron chi connectivity index (χ3n) is 2.86. The summed E-state index contributed by atoms with van der Waals surface area (Å²) in [7, 11) is 0. The van der Waals surface area contributed by atoms with Crippen LogP contribution in [0.15, 0.2) is 5.38 Å². The lowest BCUT2D eigenvalue weighted by Gasteiger charge is -2.13. The Hall–Kier alpha value is -0.870. The molecule has 0 radical (unpaired) electrons. The quantitative estimate of drug-likeness (QED) is 0.844. The highest BCUT2D eigenvalue weighted by Gasteiger charge is 2.19. The lowest BCUT2D eigenvalue weighted by molar-refractivity contribution is 0.0923. The highest BCUT2D eigenvalue weighted by molar-refractivity contribution is 7.10. The van der Waals surface area contributed by atoms with Gasteiger partial charge < -0.3 is 10.4 Å². The molecule has 0 fully saturated rings. The van der Waals surface area contributed by atoms with Crippen LogP contribution in [0.25, 0.3) is 0 Å². The smallest absolute Gasteiger partial charge is 0.252 e. The Morgan fingerprint density at radius 3 is 3.06 bits per heavy atom. The number of fused-ring (bicyclic) bond motifs is 1. The number of hydrogen-bond acceptors (Lipinski definition) is 3. The van der Waals surface area contributed by atoms with Gasteiger partial charge >= 0.3 is 0 Å². The van der Waals surface area contributed by atoms with E-state index in [1.165, 1.54) is 23.3 Å². The zero-order chi connectivity index (χ0) is 11.5. The summed E-state index contributed by atoms with van der Waals surface area (Å²) in [6.07, 6.45) is 4.07. The second-order valence-electron chi connectivity index (χ2n) is 4.32. The minimum absolute atomic E-state index is 0.0414. The lowest BCUT2D eigenvalue weighted by atomic mass is 9.95. The van der Waals surface area contributed by atoms with Crippen LogP contribution >= 0.6 is 11.3 Å². The number of aliphatic hydroxyl groups is 1. The van der Waals surface area contributed by atoms with Crippen molar-refractivity contribution in [3.63, 3.8) is 0 Å². The van der Waals surface area contributed by atoms with Crippen LogP contribution in [0.5, 0.6) is 0 Å². The van der Waals surface area contributed by atoms with E-state index < -0.39 is 6.10 Å². The molecular formula is C12H17NO2S. The zero-order valence-corrected chi connectivity index (χ0v) is 10.3. The number of carbonyl (C=O) groups excluding carboxylic acids is 1. The number of rotatable bonds is 3. The largest absolute Gasteiger partial charge is 0.392 e. The Kier molecular flexibility index (Phi) is 3.61. The van der Waals surface area contributed by atoms with Crippen LogP contribution in [0.2, 0.25) is 0 Å². The lowest BCUT2D eigenvalue weighted by Crippen LogP contribution is -2.31. The number of nitrogens with one attached hydrogen (secondary N) is 1. The molecule has 0 saturated heterocycles. The molecular weight excluding hydrogens is 222 g/mol. The molecule has 1 aromatic rings. The van der Waals surface area contributed by atoms with Gasteiger partial charge in [-0.2, -0.15) is 0 Å². The molecule has 88 valence electrons. The molecule has 2 rings (SSSR count). The Balaban J connectivity index is 2.08. The first-order chi connectivity index (χ1) is 7.68. The van der Waals surface area contributed by atoms with Gasteiger partial charge in [-0.05, 0) is 38.2 Å². The van der Waals surface area contributed by atoms with Gasteiger partial charge in [-0.25, -0.2) is 0 Å². The maximum absolute atomic E-state index is 11.9. The van der Waals surface area contributed by atoms with Crippen LogP contribution in [0.4, 0.5) is 0 Å². The van der Waals surface area contributed by atoms with Gasteiger partial charge in [0.25, 0.3) is 5.91 Å². The molecule has 1 aromatic heterocycles. The summed E-state index contributed by atoms with van der Waals surface area (Å²) in [5, 5.41) is 13.8. The molecule has 0 aliphatic heterocycles. The topological polar surface area (TPSA) is 49.3 Å². The van der Waals surface area contributed by atoms with Gasteiger partial charge in [0.2, 0.25) is 0 Å². The van der Waals surface area contributed by atoms with Crippen molar-refractivity contribution in [3.05, 3.63) is 21.4 Å². The van der Waals surface area contributed by atoms with Gasteiger partial charge in [-0.15, -0.1) is 11.3 Å². The fraction of sp³-hybridized carbons (Fsp3) is 0.583. The summed E-state index contributed by atoms with van der Waals surface area (Å²) in [6, 6.07) is 0. The molecule has 3 nitrogen and oxygen atoms in total. The van der Waals surface area contributed by atoms with Crippen LogP contribution in [0.3, 0.4) is 0 Å². The maximum atomic E-state index is 11.9. The third kappa shape index (κ3) is 2.44. The van der Waals surface area contributed by atoms with E-state index >= 15 is 0 Å². The number of aryl methyl sites for hydroxylation is 1. The molecule has 1 amide bonds. The Morgan fingerprint density at radius 1 is 1.56 bits per heavy atom. The maximum Gasteiger partial charge on any atom is 0.252 e. The molecule has 2 N–H and O–H groups in total. The van der Waals surface area contributed by atoms with Crippen molar-refractivity contribution < 1.29 is 9.90 Å². The second-order valence-corrected chi connectivity index (χ2v) is 5.28. The first-order valence-electron chi connectivity index (χ1n) is 5.74. The highest BCUT2D eigenvalue weighted by atomic mass is 32.1. The molecule has 1 unspecified atom stereocenters. The highest BCUT2D eigenvalue weighted by Crippen LogP contribution is 2.29. The molecule has 16 heavy (non-hydrogen) atoms. The molecule has 1 atom stereocenters. The van der Waals surface area contributed by atoms with Crippen molar-refractivity contribution in [3.8, 4) is 0 Å². The van der Waals surface area contributed by atoms with Gasteiger partial charge in [0.05, 0.1) is 11.7 Å². The van der Waals surface area contributed by atoms with E-state index in [2.05, 4.69) is 5.32 Å². The van der Waals surface area contributed by atoms with E-state index in [4.69, 9.17) is 5.11 Å². The van der Waals surface area contributed by atoms with Crippen molar-refractivity contribution in [1.82, 2.24) is 5.32 Å². The van der Waals surface area contributed by atoms with E-state index in [-0.39, 0.29) is 5.91 Å². The second kappa shape index (κ2) is 4.97. The fourth-order valence-corrected chi connectivity index (χ4v) is 3.15. The van der Waals surface area contributed by atoms with E-state index in [1.807, 2.05) is 5.38 Å². The zero-order valence-electron chi connectivity index (χ0n) is 9.45. The van der Waals surface area contributed by atoms with E-state index in [0.717, 1.165) is 18.4 Å². The first-order valence-corrected chi connectivity index (χ1v) is 6.62. The predicted octanol–water partition coefficient (Wildman–Crippen LogP) is 1.74. The van der Waals surface area contributed by atoms with Crippen molar-refractivity contribution in [1.29, 1.82) is 0 Å². The van der Waals surface area contributed by atoms with Gasteiger partial charge in [0, 0.05) is 16.8 Å². The van der Waals surface area contributed by atoms with Gasteiger partial charge in [-0.3, -0.25) is 4.79 Å². The fourth-order valence-electron chi connectivity index (χ4n) is 2.02. The molecule has 0 bridgehead atoms.